The fraction of sp³-hybridized carbons (Fsp3) is 0.238. The van der Waals surface area contributed by atoms with E-state index >= 15 is 0 Å². The highest BCUT2D eigenvalue weighted by molar-refractivity contribution is 8.00. The fourth-order valence-corrected chi connectivity index (χ4v) is 5.86. The van der Waals surface area contributed by atoms with E-state index in [2.05, 4.69) is 38.1 Å². The van der Waals surface area contributed by atoms with Crippen molar-refractivity contribution in [2.75, 3.05) is 5.75 Å². The zero-order valence-corrected chi connectivity index (χ0v) is 20.0. The lowest BCUT2D eigenvalue weighted by Gasteiger charge is -2.07. The predicted octanol–water partition coefficient (Wildman–Crippen LogP) is 5.26. The van der Waals surface area contributed by atoms with Crippen LogP contribution in [0.4, 0.5) is 0 Å². The molecule has 2 heterocycles. The summed E-state index contributed by atoms with van der Waals surface area (Å²) in [5.41, 5.74) is 2.03. The number of thiazole rings is 1. The third-order valence-corrected chi connectivity index (χ3v) is 7.84. The number of halogens is 1. The maximum Gasteiger partial charge on any atom is 0.230 e. The SMILES string of the molecule is CCn1c(CSc2nc3ccccc3s2)nnc1SCC(=O)NCc1ccc(Cl)cc1. The molecular formula is C21H20ClN5OS3. The van der Waals surface area contributed by atoms with Crippen molar-refractivity contribution in [1.29, 1.82) is 0 Å². The molecule has 160 valence electrons. The van der Waals surface area contributed by atoms with Crippen LogP contribution in [0.2, 0.25) is 5.02 Å². The molecule has 0 radical (unpaired) electrons. The standard InChI is InChI=1S/C21H20ClN5OS3/c1-2-27-18(12-30-21-24-16-5-3-4-6-17(16)31-21)25-26-20(27)29-13-19(28)23-11-14-7-9-15(22)10-8-14/h3-10H,2,11-13H2,1H3,(H,23,28). The summed E-state index contributed by atoms with van der Waals surface area (Å²) in [6, 6.07) is 15.6. The molecule has 0 saturated carbocycles. The molecule has 0 spiro atoms. The normalized spacial score (nSPS) is 11.2. The first kappa shape index (κ1) is 22.1. The summed E-state index contributed by atoms with van der Waals surface area (Å²) in [5.74, 6) is 1.81. The van der Waals surface area contributed by atoms with Gasteiger partial charge in [0.15, 0.2) is 9.50 Å². The molecule has 1 amide bonds. The van der Waals surface area contributed by atoms with E-state index in [0.29, 0.717) is 17.3 Å². The number of aromatic nitrogens is 4. The van der Waals surface area contributed by atoms with Crippen LogP contribution in [0.5, 0.6) is 0 Å². The number of benzene rings is 2. The van der Waals surface area contributed by atoms with Crippen LogP contribution in [-0.4, -0.2) is 31.4 Å². The molecule has 6 nitrogen and oxygen atoms in total. The molecule has 4 rings (SSSR count). The van der Waals surface area contributed by atoms with Gasteiger partial charge in [0.05, 0.1) is 21.7 Å². The molecule has 0 atom stereocenters. The third kappa shape index (κ3) is 5.79. The van der Waals surface area contributed by atoms with E-state index in [4.69, 9.17) is 11.6 Å². The first-order chi connectivity index (χ1) is 15.1. The Bertz CT molecular complexity index is 1140. The Balaban J connectivity index is 1.30. The predicted molar refractivity (Wildman–Crippen MR) is 129 cm³/mol. The summed E-state index contributed by atoms with van der Waals surface area (Å²) < 4.78 is 4.25. The van der Waals surface area contributed by atoms with Crippen LogP contribution in [0.1, 0.15) is 18.3 Å². The minimum Gasteiger partial charge on any atom is -0.351 e. The maximum absolute atomic E-state index is 12.2. The number of nitrogens with one attached hydrogen (secondary N) is 1. The van der Waals surface area contributed by atoms with Crippen molar-refractivity contribution < 1.29 is 4.79 Å². The molecule has 0 bridgehead atoms. The number of carbonyl (C=O) groups is 1. The number of para-hydroxylation sites is 1. The average Bonchev–Trinajstić information content (AvgIpc) is 3.38. The molecule has 4 aromatic rings. The Labute approximate surface area is 197 Å². The van der Waals surface area contributed by atoms with Gasteiger partial charge in [-0.1, -0.05) is 59.4 Å². The molecule has 2 aromatic carbocycles. The molecule has 2 aromatic heterocycles. The highest BCUT2D eigenvalue weighted by Gasteiger charge is 2.14. The summed E-state index contributed by atoms with van der Waals surface area (Å²) in [6.07, 6.45) is 0. The summed E-state index contributed by atoms with van der Waals surface area (Å²) in [6.45, 7) is 3.28. The molecule has 1 N–H and O–H groups in total. The van der Waals surface area contributed by atoms with Gasteiger partial charge in [0.25, 0.3) is 0 Å². The second-order valence-corrected chi connectivity index (χ2v) is 10.2. The number of hydrogen-bond donors (Lipinski definition) is 1. The van der Waals surface area contributed by atoms with Gasteiger partial charge in [0.1, 0.15) is 5.82 Å². The van der Waals surface area contributed by atoms with Crippen molar-refractivity contribution in [1.82, 2.24) is 25.1 Å². The van der Waals surface area contributed by atoms with Crippen molar-refractivity contribution in [3.8, 4) is 0 Å². The number of thioether (sulfide) groups is 2. The Hall–Kier alpha value is -2.07. The highest BCUT2D eigenvalue weighted by Crippen LogP contribution is 2.31. The quantitative estimate of drug-likeness (QED) is 0.323. The first-order valence-corrected chi connectivity index (χ1v) is 12.8. The third-order valence-electron chi connectivity index (χ3n) is 4.44. The summed E-state index contributed by atoms with van der Waals surface area (Å²) >= 11 is 10.6. The van der Waals surface area contributed by atoms with Crippen LogP contribution in [0, 0.1) is 0 Å². The Morgan fingerprint density at radius 3 is 2.71 bits per heavy atom. The van der Waals surface area contributed by atoms with Gasteiger partial charge in [0.2, 0.25) is 5.91 Å². The van der Waals surface area contributed by atoms with Gasteiger partial charge < -0.3 is 9.88 Å². The van der Waals surface area contributed by atoms with Gasteiger partial charge in [-0.05, 0) is 36.8 Å². The summed E-state index contributed by atoms with van der Waals surface area (Å²) in [7, 11) is 0. The molecule has 0 unspecified atom stereocenters. The first-order valence-electron chi connectivity index (χ1n) is 9.66. The molecule has 0 saturated heterocycles. The van der Waals surface area contributed by atoms with E-state index in [0.717, 1.165) is 32.9 Å². The molecule has 0 aliphatic rings. The largest absolute Gasteiger partial charge is 0.351 e. The second-order valence-electron chi connectivity index (χ2n) is 6.57. The van der Waals surface area contributed by atoms with Crippen molar-refractivity contribution >= 4 is 62.6 Å². The zero-order chi connectivity index (χ0) is 21.6. The van der Waals surface area contributed by atoms with Crippen molar-refractivity contribution in [2.45, 2.75) is 35.3 Å². The van der Waals surface area contributed by atoms with Gasteiger partial charge in [-0.2, -0.15) is 0 Å². The topological polar surface area (TPSA) is 72.7 Å². The fourth-order valence-electron chi connectivity index (χ4n) is 2.87. The van der Waals surface area contributed by atoms with Gasteiger partial charge in [0, 0.05) is 18.1 Å². The van der Waals surface area contributed by atoms with E-state index in [1.165, 1.54) is 16.5 Å². The highest BCUT2D eigenvalue weighted by atomic mass is 35.5. The Kier molecular flexibility index (Phi) is 7.49. The van der Waals surface area contributed by atoms with Gasteiger partial charge in [-0.15, -0.1) is 21.5 Å². The Morgan fingerprint density at radius 1 is 1.13 bits per heavy atom. The molecular weight excluding hydrogens is 470 g/mol. The van der Waals surface area contributed by atoms with Gasteiger partial charge in [-0.25, -0.2) is 4.98 Å². The Morgan fingerprint density at radius 2 is 1.94 bits per heavy atom. The lowest BCUT2D eigenvalue weighted by molar-refractivity contribution is -0.118. The van der Waals surface area contributed by atoms with Gasteiger partial charge >= 0.3 is 0 Å². The van der Waals surface area contributed by atoms with E-state index in [9.17, 15) is 4.79 Å². The van der Waals surface area contributed by atoms with E-state index < -0.39 is 0 Å². The number of amides is 1. The minimum absolute atomic E-state index is 0.0454. The van der Waals surface area contributed by atoms with Crippen molar-refractivity contribution in [3.05, 3.63) is 64.9 Å². The smallest absolute Gasteiger partial charge is 0.230 e. The number of rotatable bonds is 9. The molecule has 0 aliphatic carbocycles. The number of carbonyl (C=O) groups excluding carboxylic acids is 1. The van der Waals surface area contributed by atoms with Crippen LogP contribution < -0.4 is 5.32 Å². The van der Waals surface area contributed by atoms with E-state index in [1.54, 1.807) is 23.1 Å². The molecule has 0 aliphatic heterocycles. The van der Waals surface area contributed by atoms with Crippen LogP contribution in [0.3, 0.4) is 0 Å². The van der Waals surface area contributed by atoms with Crippen LogP contribution in [0.25, 0.3) is 10.2 Å². The zero-order valence-electron chi connectivity index (χ0n) is 16.7. The van der Waals surface area contributed by atoms with Gasteiger partial charge in [-0.3, -0.25) is 4.79 Å². The average molecular weight is 490 g/mol. The summed E-state index contributed by atoms with van der Waals surface area (Å²) in [4.78, 5) is 16.9. The molecule has 31 heavy (non-hydrogen) atoms. The van der Waals surface area contributed by atoms with E-state index in [1.807, 2.05) is 42.5 Å². The van der Waals surface area contributed by atoms with Crippen LogP contribution in [0.15, 0.2) is 58.0 Å². The number of nitrogens with zero attached hydrogens (tertiary/aromatic N) is 4. The maximum atomic E-state index is 12.2. The lowest BCUT2D eigenvalue weighted by Crippen LogP contribution is -2.24. The number of hydrogen-bond acceptors (Lipinski definition) is 7. The van der Waals surface area contributed by atoms with E-state index in [-0.39, 0.29) is 11.7 Å². The monoisotopic (exact) mass is 489 g/mol. The lowest BCUT2D eigenvalue weighted by atomic mass is 10.2. The van der Waals surface area contributed by atoms with Crippen molar-refractivity contribution in [2.24, 2.45) is 0 Å². The van der Waals surface area contributed by atoms with Crippen molar-refractivity contribution in [3.63, 3.8) is 0 Å². The summed E-state index contributed by atoms with van der Waals surface area (Å²) in [5, 5.41) is 13.0. The van der Waals surface area contributed by atoms with Crippen LogP contribution >= 0.6 is 46.5 Å². The number of fused-ring (bicyclic) bond motifs is 1. The van der Waals surface area contributed by atoms with Crippen LogP contribution in [-0.2, 0) is 23.6 Å². The molecule has 0 fully saturated rings. The minimum atomic E-state index is -0.0454. The molecule has 10 heteroatoms. The second kappa shape index (κ2) is 10.5.